The molecule has 0 unspecified atom stereocenters. The van der Waals surface area contributed by atoms with Crippen LogP contribution in [-0.4, -0.2) is 9.39 Å². The lowest BCUT2D eigenvalue weighted by atomic mass is 10.4. The monoisotopic (exact) mass is 336 g/mol. The molecule has 0 fully saturated rings. The second kappa shape index (κ2) is 5.81. The molecule has 15 heavy (non-hydrogen) atoms. The Bertz CT molecular complexity index is 336. The number of hydrogen-bond acceptors (Lipinski definition) is 0. The highest BCUT2D eigenvalue weighted by Crippen LogP contribution is 2.77. The number of benzene rings is 1. The summed E-state index contributed by atoms with van der Waals surface area (Å²) in [4.78, 5) is 0. The first-order valence-corrected chi connectivity index (χ1v) is 13.8. The van der Waals surface area contributed by atoms with Crippen molar-refractivity contribution in [3.8, 4) is 0 Å². The summed E-state index contributed by atoms with van der Waals surface area (Å²) >= 11 is 6.17. The molecule has 0 aromatic heterocycles. The van der Waals surface area contributed by atoms with Gasteiger partial charge in [0.15, 0.2) is 0 Å². The van der Waals surface area contributed by atoms with E-state index in [1.807, 2.05) is 18.2 Å². The molecule has 0 atom stereocenters. The normalized spacial score (nSPS) is 16.6. The minimum atomic E-state index is -2.94. The van der Waals surface area contributed by atoms with Crippen LogP contribution in [0.4, 0.5) is 0 Å². The summed E-state index contributed by atoms with van der Waals surface area (Å²) in [6, 6.07) is 10.2. The minimum Gasteiger partial charge on any atom is -0.391 e. The van der Waals surface area contributed by atoms with E-state index in [1.165, 1.54) is 5.30 Å². The van der Waals surface area contributed by atoms with Gasteiger partial charge in [-0.05, 0) is 12.1 Å². The molecule has 7 heteroatoms. The summed E-state index contributed by atoms with van der Waals surface area (Å²) in [5, 5.41) is 1.27. The summed E-state index contributed by atoms with van der Waals surface area (Å²) in [6.45, 7) is -1.30. The van der Waals surface area contributed by atoms with Crippen LogP contribution < -0.4 is 5.30 Å². The Kier molecular flexibility index (Phi) is 5.59. The molecule has 0 spiro atoms. The van der Waals surface area contributed by atoms with Gasteiger partial charge in [0.05, 0.1) is 0 Å². The van der Waals surface area contributed by atoms with Gasteiger partial charge >= 0.3 is 9.39 Å². The molecule has 0 saturated carbocycles. The summed E-state index contributed by atoms with van der Waals surface area (Å²) in [6.07, 6.45) is 0. The van der Waals surface area contributed by atoms with Gasteiger partial charge in [-0.15, -0.1) is 0 Å². The first-order chi connectivity index (χ1) is 6.81. The molecule has 0 aliphatic carbocycles. The van der Waals surface area contributed by atoms with Gasteiger partial charge in [0.25, 0.3) is 0 Å². The van der Waals surface area contributed by atoms with Gasteiger partial charge in [0, 0.05) is 0 Å². The standard InChI is InChI=1S/C8H7ClP.Al.4ClH/c9-10(6-7-10)8-4-2-1-3-5-8;;;;;/h1-7H;;4*1H/q+1;+3;;;;/p-4. The fourth-order valence-corrected chi connectivity index (χ4v) is 3.12. The van der Waals surface area contributed by atoms with E-state index < -0.39 is 16.0 Å². The Balaban J connectivity index is 0.000000195. The summed E-state index contributed by atoms with van der Waals surface area (Å²) in [5.74, 6) is 4.20. The zero-order valence-corrected chi connectivity index (χ0v) is 13.3. The largest absolute Gasteiger partial charge is 0.564 e. The minimum absolute atomic E-state index is 1.27. The molecule has 0 saturated heterocycles. The van der Waals surface area contributed by atoms with Crippen molar-refractivity contribution >= 4 is 72.7 Å². The fourth-order valence-electron chi connectivity index (χ4n) is 0.887. The van der Waals surface area contributed by atoms with E-state index >= 15 is 0 Å². The Morgan fingerprint density at radius 2 is 1.27 bits per heavy atom. The van der Waals surface area contributed by atoms with Gasteiger partial charge in [-0.25, -0.2) is 0 Å². The molecule has 1 heterocycles. The predicted octanol–water partition coefficient (Wildman–Crippen LogP) is 5.35. The molecule has 1 aromatic rings. The Labute approximate surface area is 114 Å². The molecular formula is C8H7AlCl5P. The van der Waals surface area contributed by atoms with Gasteiger partial charge in [0.2, 0.25) is 6.62 Å². The third-order valence-electron chi connectivity index (χ3n) is 1.56. The van der Waals surface area contributed by atoms with Crippen molar-refractivity contribution in [2.45, 2.75) is 0 Å². The number of rotatable bonds is 1. The molecule has 0 amide bonds. The van der Waals surface area contributed by atoms with Crippen molar-refractivity contribution < 1.29 is 0 Å². The average molecular weight is 338 g/mol. The van der Waals surface area contributed by atoms with Gasteiger partial charge < -0.3 is 40.2 Å². The molecule has 0 radical (unpaired) electrons. The SMILES string of the molecule is Cl[P+]1(c2ccccc2)C=C1.[Cl][Al-]([Cl])([Cl])[Cl]. The maximum Gasteiger partial charge on any atom is 0.564 e. The van der Waals surface area contributed by atoms with E-state index in [4.69, 9.17) is 51.4 Å². The lowest BCUT2D eigenvalue weighted by molar-refractivity contribution is 1.78. The van der Waals surface area contributed by atoms with Crippen molar-refractivity contribution in [1.82, 2.24) is 0 Å². The smallest absolute Gasteiger partial charge is 0.391 e. The van der Waals surface area contributed by atoms with Crippen LogP contribution in [0.3, 0.4) is 0 Å². The summed E-state index contributed by atoms with van der Waals surface area (Å²) in [7, 11) is 17.0. The molecule has 0 N–H and O–H groups in total. The van der Waals surface area contributed by atoms with Crippen molar-refractivity contribution in [2.75, 3.05) is 0 Å². The zero-order chi connectivity index (χ0) is 11.5. The van der Waals surface area contributed by atoms with Crippen LogP contribution in [0.2, 0.25) is 0 Å². The van der Waals surface area contributed by atoms with Gasteiger partial charge in [-0.3, -0.25) is 0 Å². The Hall–Kier alpha value is 1.37. The Morgan fingerprint density at radius 3 is 1.60 bits per heavy atom. The maximum atomic E-state index is 6.17. The highest BCUT2D eigenvalue weighted by atomic mass is 35.9. The maximum absolute atomic E-state index is 6.17. The lowest BCUT2D eigenvalue weighted by Crippen LogP contribution is -1.94. The topological polar surface area (TPSA) is 0 Å². The van der Waals surface area contributed by atoms with Gasteiger partial charge in [-0.1, -0.05) is 18.2 Å². The van der Waals surface area contributed by atoms with E-state index in [1.54, 1.807) is 0 Å². The molecule has 82 valence electrons. The van der Waals surface area contributed by atoms with Crippen LogP contribution in [0.5, 0.6) is 0 Å². The van der Waals surface area contributed by atoms with E-state index in [2.05, 4.69) is 23.8 Å². The van der Waals surface area contributed by atoms with Crippen molar-refractivity contribution in [3.05, 3.63) is 42.0 Å². The number of halogens is 5. The molecular weight excluding hydrogens is 331 g/mol. The highest BCUT2D eigenvalue weighted by Gasteiger charge is 2.45. The van der Waals surface area contributed by atoms with E-state index in [0.717, 1.165) is 0 Å². The zero-order valence-electron chi connectivity index (χ0n) is 7.46. The predicted molar refractivity (Wildman–Crippen MR) is 77.2 cm³/mol. The second-order valence-electron chi connectivity index (χ2n) is 2.82. The van der Waals surface area contributed by atoms with Crippen molar-refractivity contribution in [2.24, 2.45) is 0 Å². The first-order valence-electron chi connectivity index (χ1n) is 4.03. The van der Waals surface area contributed by atoms with Gasteiger partial charge in [0.1, 0.15) is 28.2 Å². The third-order valence-corrected chi connectivity index (χ3v) is 4.74. The molecule has 2 rings (SSSR count). The van der Waals surface area contributed by atoms with Crippen LogP contribution in [0.1, 0.15) is 0 Å². The van der Waals surface area contributed by atoms with Crippen molar-refractivity contribution in [1.29, 1.82) is 0 Å². The molecule has 1 aromatic carbocycles. The molecule has 1 aliphatic rings. The Morgan fingerprint density at radius 1 is 0.867 bits per heavy atom. The number of hydrogen-bond donors (Lipinski definition) is 0. The lowest BCUT2D eigenvalue weighted by Gasteiger charge is -1.97. The highest BCUT2D eigenvalue weighted by molar-refractivity contribution is 8.13. The average Bonchev–Trinajstić information content (AvgIpc) is 2.84. The van der Waals surface area contributed by atoms with Crippen LogP contribution >= 0.6 is 58.1 Å². The van der Waals surface area contributed by atoms with Crippen LogP contribution in [-0.2, 0) is 0 Å². The third kappa shape index (κ3) is 6.62. The molecule has 0 nitrogen and oxygen atoms in total. The summed E-state index contributed by atoms with van der Waals surface area (Å²) < 4.78 is 0. The second-order valence-corrected chi connectivity index (χ2v) is 19.8. The summed E-state index contributed by atoms with van der Waals surface area (Å²) in [5.41, 5.74) is 0. The van der Waals surface area contributed by atoms with Crippen LogP contribution in [0.25, 0.3) is 0 Å². The first kappa shape index (κ1) is 14.4. The van der Waals surface area contributed by atoms with Gasteiger partial charge in [-0.2, -0.15) is 0 Å². The quantitative estimate of drug-likeness (QED) is 0.479. The fraction of sp³-hybridized carbons (Fsp3) is 0. The van der Waals surface area contributed by atoms with E-state index in [0.29, 0.717) is 0 Å². The molecule has 1 aliphatic heterocycles. The van der Waals surface area contributed by atoms with Crippen molar-refractivity contribution in [3.63, 3.8) is 0 Å². The van der Waals surface area contributed by atoms with Crippen LogP contribution in [0, 0.1) is 0 Å². The van der Waals surface area contributed by atoms with E-state index in [9.17, 15) is 0 Å². The van der Waals surface area contributed by atoms with Crippen LogP contribution in [0.15, 0.2) is 42.0 Å². The van der Waals surface area contributed by atoms with E-state index in [-0.39, 0.29) is 0 Å². The molecule has 0 bridgehead atoms.